The lowest BCUT2D eigenvalue weighted by Gasteiger charge is -2.06. The van der Waals surface area contributed by atoms with E-state index in [1.165, 1.54) is 5.56 Å². The lowest BCUT2D eigenvalue weighted by atomic mass is 10.1. The molecule has 0 fully saturated rings. The van der Waals surface area contributed by atoms with Gasteiger partial charge < -0.3 is 0 Å². The topological polar surface area (TPSA) is 25.8 Å². The molecule has 0 saturated heterocycles. The summed E-state index contributed by atoms with van der Waals surface area (Å²) in [6.07, 6.45) is 2.66. The molecule has 0 spiro atoms. The molecule has 2 rings (SSSR count). The van der Waals surface area contributed by atoms with Gasteiger partial charge in [0.15, 0.2) is 0 Å². The number of hydrogen-bond acceptors (Lipinski definition) is 2. The van der Waals surface area contributed by atoms with Gasteiger partial charge in [0.2, 0.25) is 0 Å². The molecule has 2 aromatic rings. The second-order valence-corrected chi connectivity index (χ2v) is 5.47. The second-order valence-electron chi connectivity index (χ2n) is 4.03. The Morgan fingerprint density at radius 1 is 1.11 bits per heavy atom. The average molecular weight is 373 g/mol. The molecule has 0 aliphatic heterocycles. The van der Waals surface area contributed by atoms with Crippen LogP contribution in [0.2, 0.25) is 5.15 Å². The highest BCUT2D eigenvalue weighted by molar-refractivity contribution is 14.1. The van der Waals surface area contributed by atoms with E-state index in [1.807, 2.05) is 6.07 Å². The lowest BCUT2D eigenvalue weighted by molar-refractivity contribution is 0.827. The van der Waals surface area contributed by atoms with Gasteiger partial charge in [-0.05, 0) is 41.0 Å². The Balaban J connectivity index is 2.13. The van der Waals surface area contributed by atoms with Crippen molar-refractivity contribution >= 4 is 34.2 Å². The fourth-order valence-corrected chi connectivity index (χ4v) is 2.59. The van der Waals surface area contributed by atoms with Crippen LogP contribution in [0.5, 0.6) is 0 Å². The van der Waals surface area contributed by atoms with Crippen molar-refractivity contribution in [3.8, 4) is 0 Å². The molecule has 0 amide bonds. The molecule has 0 unspecified atom stereocenters. The van der Waals surface area contributed by atoms with Gasteiger partial charge in [-0.15, -0.1) is 0 Å². The van der Waals surface area contributed by atoms with Gasteiger partial charge in [0, 0.05) is 6.42 Å². The second kappa shape index (κ2) is 6.48. The molecule has 0 radical (unpaired) electrons. The molecule has 0 atom stereocenters. The third-order valence-corrected chi connectivity index (χ3v) is 4.47. The third kappa shape index (κ3) is 3.42. The quantitative estimate of drug-likeness (QED) is 0.597. The van der Waals surface area contributed by atoms with Crippen LogP contribution in [-0.2, 0) is 19.3 Å². The average Bonchev–Trinajstić information content (AvgIpc) is 2.41. The number of aromatic nitrogens is 2. The Morgan fingerprint density at radius 3 is 2.50 bits per heavy atom. The highest BCUT2D eigenvalue weighted by atomic mass is 127. The molecule has 1 aromatic carbocycles. The van der Waals surface area contributed by atoms with Gasteiger partial charge in [-0.25, -0.2) is 9.97 Å². The summed E-state index contributed by atoms with van der Waals surface area (Å²) in [4.78, 5) is 8.91. The minimum Gasteiger partial charge on any atom is -0.237 e. The van der Waals surface area contributed by atoms with Crippen molar-refractivity contribution in [2.75, 3.05) is 0 Å². The van der Waals surface area contributed by atoms with E-state index in [0.717, 1.165) is 34.4 Å². The van der Waals surface area contributed by atoms with Crippen LogP contribution in [0.1, 0.15) is 24.0 Å². The van der Waals surface area contributed by atoms with Gasteiger partial charge in [0.05, 0.1) is 9.26 Å². The van der Waals surface area contributed by atoms with E-state index in [4.69, 9.17) is 11.6 Å². The van der Waals surface area contributed by atoms with E-state index in [1.54, 1.807) is 0 Å². The summed E-state index contributed by atoms with van der Waals surface area (Å²) >= 11 is 8.33. The molecule has 1 aromatic heterocycles. The first-order valence-electron chi connectivity index (χ1n) is 5.95. The van der Waals surface area contributed by atoms with Crippen molar-refractivity contribution in [1.29, 1.82) is 0 Å². The number of rotatable bonds is 4. The maximum Gasteiger partial charge on any atom is 0.146 e. The number of nitrogens with zero attached hydrogens (tertiary/aromatic N) is 2. The van der Waals surface area contributed by atoms with Gasteiger partial charge in [-0.2, -0.15) is 0 Å². The highest BCUT2D eigenvalue weighted by Crippen LogP contribution is 2.20. The summed E-state index contributed by atoms with van der Waals surface area (Å²) in [5.74, 6) is 0.834. The standard InChI is InChI=1S/C14H14ClIN2/c1-2-11-13(16)14(15)18-12(17-11)9-8-10-6-4-3-5-7-10/h3-7H,2,8-9H2,1H3. The van der Waals surface area contributed by atoms with Crippen LogP contribution in [0, 0.1) is 3.57 Å². The summed E-state index contributed by atoms with van der Waals surface area (Å²) in [6, 6.07) is 10.4. The van der Waals surface area contributed by atoms with E-state index in [9.17, 15) is 0 Å². The lowest BCUT2D eigenvalue weighted by Crippen LogP contribution is -2.04. The monoisotopic (exact) mass is 372 g/mol. The molecular weight excluding hydrogens is 359 g/mol. The molecule has 1 heterocycles. The molecule has 94 valence electrons. The molecule has 0 bridgehead atoms. The molecular formula is C14H14ClIN2. The van der Waals surface area contributed by atoms with E-state index < -0.39 is 0 Å². The Kier molecular flexibility index (Phi) is 4.95. The summed E-state index contributed by atoms with van der Waals surface area (Å²) in [7, 11) is 0. The van der Waals surface area contributed by atoms with E-state index in [0.29, 0.717) is 5.15 Å². The maximum atomic E-state index is 6.12. The van der Waals surface area contributed by atoms with Crippen LogP contribution >= 0.6 is 34.2 Å². The van der Waals surface area contributed by atoms with Gasteiger partial charge in [-0.3, -0.25) is 0 Å². The zero-order valence-electron chi connectivity index (χ0n) is 10.2. The maximum absolute atomic E-state index is 6.12. The SMILES string of the molecule is CCc1nc(CCc2ccccc2)nc(Cl)c1I. The molecule has 0 aliphatic carbocycles. The minimum atomic E-state index is 0.575. The van der Waals surface area contributed by atoms with Gasteiger partial charge in [0.25, 0.3) is 0 Å². The third-order valence-electron chi connectivity index (χ3n) is 2.74. The summed E-state index contributed by atoms with van der Waals surface area (Å²) in [6.45, 7) is 2.09. The van der Waals surface area contributed by atoms with Crippen LogP contribution in [0.15, 0.2) is 30.3 Å². The van der Waals surface area contributed by atoms with Crippen LogP contribution in [0.4, 0.5) is 0 Å². The summed E-state index contributed by atoms with van der Waals surface area (Å²) in [5, 5.41) is 0.575. The predicted molar refractivity (Wildman–Crippen MR) is 83.0 cm³/mol. The molecule has 0 N–H and O–H groups in total. The van der Waals surface area contributed by atoms with Crippen LogP contribution in [-0.4, -0.2) is 9.97 Å². The molecule has 2 nitrogen and oxygen atoms in total. The van der Waals surface area contributed by atoms with E-state index >= 15 is 0 Å². The van der Waals surface area contributed by atoms with Crippen molar-refractivity contribution in [3.63, 3.8) is 0 Å². The zero-order valence-corrected chi connectivity index (χ0v) is 13.1. The Bertz CT molecular complexity index is 529. The van der Waals surface area contributed by atoms with Crippen molar-refractivity contribution in [2.45, 2.75) is 26.2 Å². The number of hydrogen-bond donors (Lipinski definition) is 0. The Morgan fingerprint density at radius 2 is 1.83 bits per heavy atom. The first-order valence-corrected chi connectivity index (χ1v) is 7.41. The van der Waals surface area contributed by atoms with Crippen LogP contribution in [0.25, 0.3) is 0 Å². The molecule has 0 saturated carbocycles. The van der Waals surface area contributed by atoms with Crippen molar-refractivity contribution in [2.24, 2.45) is 0 Å². The Labute approximate surface area is 126 Å². The Hall–Kier alpha value is -0.680. The first kappa shape index (κ1) is 13.7. The molecule has 4 heteroatoms. The van der Waals surface area contributed by atoms with Crippen molar-refractivity contribution in [1.82, 2.24) is 9.97 Å². The van der Waals surface area contributed by atoms with E-state index in [2.05, 4.69) is 63.7 Å². The van der Waals surface area contributed by atoms with E-state index in [-0.39, 0.29) is 0 Å². The van der Waals surface area contributed by atoms with Crippen LogP contribution < -0.4 is 0 Å². The first-order chi connectivity index (χ1) is 8.70. The van der Waals surface area contributed by atoms with Crippen molar-refractivity contribution in [3.05, 3.63) is 56.1 Å². The van der Waals surface area contributed by atoms with Gasteiger partial charge in [-0.1, -0.05) is 48.9 Å². The summed E-state index contributed by atoms with van der Waals surface area (Å²) < 4.78 is 0.972. The largest absolute Gasteiger partial charge is 0.237 e. The fourth-order valence-electron chi connectivity index (χ4n) is 1.76. The number of benzene rings is 1. The van der Waals surface area contributed by atoms with Crippen LogP contribution in [0.3, 0.4) is 0 Å². The number of aryl methyl sites for hydroxylation is 3. The fraction of sp³-hybridized carbons (Fsp3) is 0.286. The highest BCUT2D eigenvalue weighted by Gasteiger charge is 2.09. The molecule has 18 heavy (non-hydrogen) atoms. The smallest absolute Gasteiger partial charge is 0.146 e. The molecule has 0 aliphatic rings. The summed E-state index contributed by atoms with van der Waals surface area (Å²) in [5.41, 5.74) is 2.34. The van der Waals surface area contributed by atoms with Crippen molar-refractivity contribution < 1.29 is 0 Å². The predicted octanol–water partition coefficient (Wildman–Crippen LogP) is 4.08. The number of halogens is 2. The zero-order chi connectivity index (χ0) is 13.0. The van der Waals surface area contributed by atoms with Gasteiger partial charge in [0.1, 0.15) is 11.0 Å². The normalized spacial score (nSPS) is 10.6. The minimum absolute atomic E-state index is 0.575. The van der Waals surface area contributed by atoms with Gasteiger partial charge >= 0.3 is 0 Å².